The highest BCUT2D eigenvalue weighted by Crippen LogP contribution is 2.56. The fourth-order valence-electron chi connectivity index (χ4n) is 9.42. The number of benzene rings is 9. The van der Waals surface area contributed by atoms with E-state index in [4.69, 9.17) is 0 Å². The van der Waals surface area contributed by atoms with Crippen molar-refractivity contribution < 1.29 is 0 Å². The third kappa shape index (κ3) is 5.18. The van der Waals surface area contributed by atoms with Crippen LogP contribution in [0.4, 0.5) is 17.1 Å². The van der Waals surface area contributed by atoms with Crippen molar-refractivity contribution in [2.24, 2.45) is 0 Å². The van der Waals surface area contributed by atoms with Gasteiger partial charge in [-0.1, -0.05) is 176 Å². The van der Waals surface area contributed by atoms with Gasteiger partial charge in [0.1, 0.15) is 0 Å². The summed E-state index contributed by atoms with van der Waals surface area (Å²) >= 11 is 0. The van der Waals surface area contributed by atoms with Crippen LogP contribution in [0, 0.1) is 0 Å². The van der Waals surface area contributed by atoms with E-state index < -0.39 is 5.41 Å². The maximum atomic E-state index is 2.43. The van der Waals surface area contributed by atoms with Crippen LogP contribution in [-0.4, -0.2) is 4.57 Å². The Bertz CT molecular complexity index is 3010. The minimum atomic E-state index is -0.503. The van der Waals surface area contributed by atoms with Gasteiger partial charge < -0.3 is 9.47 Å². The lowest BCUT2D eigenvalue weighted by Gasteiger charge is -2.35. The second-order valence-corrected chi connectivity index (χ2v) is 14.9. The lowest BCUT2D eigenvalue weighted by Crippen LogP contribution is -2.28. The number of para-hydroxylation sites is 2. The van der Waals surface area contributed by atoms with Crippen molar-refractivity contribution >= 4 is 38.9 Å². The number of hydrogen-bond donors (Lipinski definition) is 0. The van der Waals surface area contributed by atoms with E-state index in [2.05, 4.69) is 240 Å². The smallest absolute Gasteiger partial charge is 0.0714 e. The molecule has 268 valence electrons. The Morgan fingerprint density at radius 3 is 1.58 bits per heavy atom. The van der Waals surface area contributed by atoms with Crippen molar-refractivity contribution in [3.8, 4) is 27.9 Å². The summed E-state index contributed by atoms with van der Waals surface area (Å²) in [5, 5.41) is 2.47. The molecule has 57 heavy (non-hydrogen) atoms. The molecule has 0 saturated carbocycles. The molecule has 0 saturated heterocycles. The molecule has 2 nitrogen and oxygen atoms in total. The molecule has 0 fully saturated rings. The monoisotopic (exact) mass is 726 g/mol. The topological polar surface area (TPSA) is 8.17 Å². The molecule has 1 heterocycles. The van der Waals surface area contributed by atoms with E-state index in [1.807, 2.05) is 0 Å². The molecule has 1 aliphatic carbocycles. The van der Waals surface area contributed by atoms with Crippen LogP contribution in [-0.2, 0) is 5.41 Å². The van der Waals surface area contributed by atoms with Gasteiger partial charge in [-0.05, 0) is 99.1 Å². The molecule has 0 aliphatic heterocycles. The summed E-state index contributed by atoms with van der Waals surface area (Å²) in [6.45, 7) is 0. The van der Waals surface area contributed by atoms with Crippen LogP contribution >= 0.6 is 0 Å². The Hall–Kier alpha value is -7.42. The lowest BCUT2D eigenvalue weighted by atomic mass is 9.67. The maximum Gasteiger partial charge on any atom is 0.0714 e. The van der Waals surface area contributed by atoms with Gasteiger partial charge in [-0.3, -0.25) is 0 Å². The molecule has 1 aromatic heterocycles. The summed E-state index contributed by atoms with van der Waals surface area (Å²) in [7, 11) is 0. The van der Waals surface area contributed by atoms with Crippen LogP contribution in [0.1, 0.15) is 22.3 Å². The summed E-state index contributed by atoms with van der Waals surface area (Å²) in [5.74, 6) is 0. The maximum absolute atomic E-state index is 2.43. The molecule has 0 radical (unpaired) electrons. The summed E-state index contributed by atoms with van der Waals surface area (Å²) in [6, 6.07) is 84.3. The number of nitrogens with zero attached hydrogens (tertiary/aromatic N) is 2. The van der Waals surface area contributed by atoms with Crippen LogP contribution in [0.25, 0.3) is 49.7 Å². The Morgan fingerprint density at radius 1 is 0.333 bits per heavy atom. The van der Waals surface area contributed by atoms with Crippen LogP contribution in [0.2, 0.25) is 0 Å². The molecule has 10 aromatic rings. The molecule has 2 heteroatoms. The van der Waals surface area contributed by atoms with Gasteiger partial charge in [0, 0.05) is 33.5 Å². The molecule has 0 amide bonds. The Balaban J connectivity index is 1.16. The van der Waals surface area contributed by atoms with E-state index in [1.165, 1.54) is 66.3 Å². The minimum absolute atomic E-state index is 0.503. The van der Waals surface area contributed by atoms with Crippen LogP contribution in [0.15, 0.2) is 231 Å². The quantitative estimate of drug-likeness (QED) is 0.159. The van der Waals surface area contributed by atoms with E-state index in [9.17, 15) is 0 Å². The van der Waals surface area contributed by atoms with Gasteiger partial charge in [0.15, 0.2) is 0 Å². The molecular weight excluding hydrogens is 689 g/mol. The van der Waals surface area contributed by atoms with Crippen LogP contribution in [0.5, 0.6) is 0 Å². The Morgan fingerprint density at radius 2 is 0.860 bits per heavy atom. The van der Waals surface area contributed by atoms with Crippen LogP contribution < -0.4 is 4.90 Å². The standard InChI is InChI=1S/C55H38N2/c1-4-17-39(18-5-1)40-31-33-44(34-32-40)56(46-35-36-50-49-27-12-15-30-53(49)57(54(50)38-46)43-22-8-3-9-23-43)45-24-16-21-42(37-45)55(41-19-6-2-7-20-41)51-28-13-10-25-47(51)48-26-11-14-29-52(48)55/h1-38H. The average Bonchev–Trinajstić information content (AvgIpc) is 3.78. The first kappa shape index (κ1) is 33.0. The fraction of sp³-hybridized carbons (Fsp3) is 0.0182. The van der Waals surface area contributed by atoms with Gasteiger partial charge in [-0.2, -0.15) is 0 Å². The number of aromatic nitrogens is 1. The highest BCUT2D eigenvalue weighted by molar-refractivity contribution is 6.10. The predicted molar refractivity (Wildman–Crippen MR) is 238 cm³/mol. The van der Waals surface area contributed by atoms with Gasteiger partial charge in [0.05, 0.1) is 16.4 Å². The molecule has 0 spiro atoms. The summed E-state index contributed by atoms with van der Waals surface area (Å²) in [5.41, 5.74) is 16.4. The second-order valence-electron chi connectivity index (χ2n) is 14.9. The fourth-order valence-corrected chi connectivity index (χ4v) is 9.42. The molecule has 0 unspecified atom stereocenters. The molecule has 11 rings (SSSR count). The summed E-state index contributed by atoms with van der Waals surface area (Å²) in [4.78, 5) is 2.43. The van der Waals surface area contributed by atoms with Crippen molar-refractivity contribution in [1.29, 1.82) is 0 Å². The normalized spacial score (nSPS) is 12.7. The van der Waals surface area contributed by atoms with Crippen molar-refractivity contribution in [1.82, 2.24) is 4.57 Å². The Kier molecular flexibility index (Phi) is 7.75. The number of hydrogen-bond acceptors (Lipinski definition) is 1. The van der Waals surface area contributed by atoms with E-state index in [1.54, 1.807) is 0 Å². The highest BCUT2D eigenvalue weighted by Gasteiger charge is 2.46. The molecular formula is C55H38N2. The number of anilines is 3. The van der Waals surface area contributed by atoms with Crippen molar-refractivity contribution in [2.45, 2.75) is 5.41 Å². The van der Waals surface area contributed by atoms with Crippen molar-refractivity contribution in [2.75, 3.05) is 4.90 Å². The summed E-state index contributed by atoms with van der Waals surface area (Å²) < 4.78 is 2.40. The number of fused-ring (bicyclic) bond motifs is 6. The van der Waals surface area contributed by atoms with Crippen molar-refractivity contribution in [3.63, 3.8) is 0 Å². The van der Waals surface area contributed by atoms with E-state index in [0.29, 0.717) is 0 Å². The molecule has 1 aliphatic rings. The van der Waals surface area contributed by atoms with Crippen LogP contribution in [0.3, 0.4) is 0 Å². The zero-order chi connectivity index (χ0) is 37.8. The van der Waals surface area contributed by atoms with E-state index >= 15 is 0 Å². The SMILES string of the molecule is c1ccc(-c2ccc(N(c3cccc(C4(c5ccccc5)c5ccccc5-c5ccccc54)c3)c3ccc4c5ccccc5n(-c5ccccc5)c4c3)cc2)cc1. The first-order valence-corrected chi connectivity index (χ1v) is 19.7. The highest BCUT2D eigenvalue weighted by atomic mass is 15.1. The zero-order valence-electron chi connectivity index (χ0n) is 31.3. The first-order valence-electron chi connectivity index (χ1n) is 19.7. The minimum Gasteiger partial charge on any atom is -0.310 e. The average molecular weight is 727 g/mol. The lowest BCUT2D eigenvalue weighted by molar-refractivity contribution is 0.768. The molecule has 0 bridgehead atoms. The molecule has 9 aromatic carbocycles. The van der Waals surface area contributed by atoms with E-state index in [0.717, 1.165) is 22.7 Å². The predicted octanol–water partition coefficient (Wildman–Crippen LogP) is 14.3. The first-order chi connectivity index (χ1) is 28.3. The Labute approximate surface area is 333 Å². The number of rotatable bonds is 7. The van der Waals surface area contributed by atoms with Gasteiger partial charge in [0.25, 0.3) is 0 Å². The van der Waals surface area contributed by atoms with Gasteiger partial charge in [-0.15, -0.1) is 0 Å². The zero-order valence-corrected chi connectivity index (χ0v) is 31.3. The van der Waals surface area contributed by atoms with Gasteiger partial charge >= 0.3 is 0 Å². The summed E-state index contributed by atoms with van der Waals surface area (Å²) in [6.07, 6.45) is 0. The molecule has 0 N–H and O–H groups in total. The molecule has 0 atom stereocenters. The van der Waals surface area contributed by atoms with Crippen molar-refractivity contribution in [3.05, 3.63) is 253 Å². The van der Waals surface area contributed by atoms with E-state index in [-0.39, 0.29) is 0 Å². The second kappa shape index (κ2) is 13.4. The van der Waals surface area contributed by atoms with Gasteiger partial charge in [-0.25, -0.2) is 0 Å². The third-order valence-electron chi connectivity index (χ3n) is 11.9. The largest absolute Gasteiger partial charge is 0.310 e. The third-order valence-corrected chi connectivity index (χ3v) is 11.9. The van der Waals surface area contributed by atoms with Gasteiger partial charge in [0.2, 0.25) is 0 Å².